The Morgan fingerprint density at radius 2 is 0.890 bits per heavy atom. The largest absolute Gasteiger partial charge is 0.480 e. The molecule has 0 saturated heterocycles. The molecule has 0 aliphatic carbocycles. The van der Waals surface area contributed by atoms with Crippen LogP contribution in [-0.2, 0) is 57.5 Å². The fourth-order valence-corrected chi connectivity index (χ4v) is 6.04. The summed E-state index contributed by atoms with van der Waals surface area (Å²) in [5, 5.41) is 28.5. The third kappa shape index (κ3) is 40.6. The molecule has 73 heavy (non-hydrogen) atoms. The SMILES string of the molecule is COC(=O)C(S)CNC(=O)C(=O)NCCS.O=C(CNC(=O)CSC(=O)c1ccccc1)NCCSC(=O)c1ccccc1.O=C(CS)NCCNC(=O)CS.O=C(O)CNC(=O)CNC(=O)CNC(=O)CS. The average Bonchev–Trinajstić information content (AvgIpc) is 3.40. The lowest BCUT2D eigenvalue weighted by Crippen LogP contribution is -2.43. The number of amides is 9. The van der Waals surface area contributed by atoms with Crippen LogP contribution in [0.15, 0.2) is 60.7 Å². The van der Waals surface area contributed by atoms with Gasteiger partial charge in [-0.25, -0.2) is 0 Å². The van der Waals surface area contributed by atoms with Crippen LogP contribution in [0.4, 0.5) is 0 Å². The van der Waals surface area contributed by atoms with Crippen LogP contribution in [0, 0.1) is 0 Å². The van der Waals surface area contributed by atoms with Crippen LogP contribution in [0.5, 0.6) is 0 Å². The van der Waals surface area contributed by atoms with Crippen molar-refractivity contribution in [1.29, 1.82) is 0 Å². The van der Waals surface area contributed by atoms with E-state index in [2.05, 4.69) is 116 Å². The summed E-state index contributed by atoms with van der Waals surface area (Å²) in [6.07, 6.45) is 0. The fourth-order valence-electron chi connectivity index (χ4n) is 4.04. The molecule has 2 rings (SSSR count). The zero-order valence-electron chi connectivity index (χ0n) is 39.2. The van der Waals surface area contributed by atoms with Gasteiger partial charge in [0.1, 0.15) is 11.8 Å². The lowest BCUT2D eigenvalue weighted by Gasteiger charge is -2.09. The number of carbonyl (C=O) groups is 13. The molecule has 0 spiro atoms. The average molecular weight is 1150 g/mol. The Kier molecular flexibility index (Phi) is 42.9. The number of methoxy groups -OCH3 is 1. The highest BCUT2D eigenvalue weighted by Gasteiger charge is 2.18. The zero-order chi connectivity index (χ0) is 55.4. The summed E-state index contributed by atoms with van der Waals surface area (Å²) in [6, 6.07) is 17.6. The number of hydrogen-bond donors (Lipinski definition) is 15. The van der Waals surface area contributed by atoms with Crippen LogP contribution >= 0.6 is 86.7 Å². The molecular formula is C42H59N9O15S7. The maximum atomic E-state index is 11.9. The van der Waals surface area contributed by atoms with Crippen molar-refractivity contribution in [2.45, 2.75) is 5.25 Å². The molecule has 24 nitrogen and oxygen atoms in total. The number of esters is 1. The molecule has 2 aromatic carbocycles. The number of carboxylic acid groups (broad SMARTS) is 1. The zero-order valence-corrected chi connectivity index (χ0v) is 45.3. The molecule has 0 aliphatic heterocycles. The van der Waals surface area contributed by atoms with Crippen molar-refractivity contribution in [2.75, 3.05) is 101 Å². The first kappa shape index (κ1) is 69.5. The van der Waals surface area contributed by atoms with Gasteiger partial charge in [0.25, 0.3) is 0 Å². The smallest absolute Gasteiger partial charge is 0.322 e. The van der Waals surface area contributed by atoms with Gasteiger partial charge < -0.3 is 57.7 Å². The Labute approximate surface area is 456 Å². The number of benzene rings is 2. The summed E-state index contributed by atoms with van der Waals surface area (Å²) < 4.78 is 4.39. The fraction of sp³-hybridized carbons (Fsp3) is 0.405. The minimum Gasteiger partial charge on any atom is -0.480 e. The Hall–Kier alpha value is -5.60. The highest BCUT2D eigenvalue weighted by atomic mass is 32.2. The van der Waals surface area contributed by atoms with Crippen molar-refractivity contribution in [2.24, 2.45) is 0 Å². The van der Waals surface area contributed by atoms with E-state index < -0.39 is 59.2 Å². The van der Waals surface area contributed by atoms with Gasteiger partial charge in [-0.3, -0.25) is 62.3 Å². The Morgan fingerprint density at radius 3 is 1.34 bits per heavy atom. The number of rotatable bonds is 26. The molecule has 0 bridgehead atoms. The van der Waals surface area contributed by atoms with E-state index in [1.807, 2.05) is 12.1 Å². The molecule has 0 fully saturated rings. The van der Waals surface area contributed by atoms with Gasteiger partial charge in [-0.2, -0.15) is 63.1 Å². The minimum atomic E-state index is -1.18. The van der Waals surface area contributed by atoms with Crippen molar-refractivity contribution < 1.29 is 72.2 Å². The summed E-state index contributed by atoms with van der Waals surface area (Å²) >= 11 is 21.0. The number of carbonyl (C=O) groups excluding carboxylic acids is 12. The Balaban J connectivity index is 0. The Bertz CT molecular complexity index is 2080. The second-order valence-electron chi connectivity index (χ2n) is 13.2. The molecule has 31 heteroatoms. The number of hydrogen-bond acceptors (Lipinski definition) is 21. The molecule has 9 amide bonds. The lowest BCUT2D eigenvalue weighted by atomic mass is 10.2. The van der Waals surface area contributed by atoms with Crippen LogP contribution in [0.25, 0.3) is 0 Å². The van der Waals surface area contributed by atoms with Crippen LogP contribution in [0.1, 0.15) is 20.7 Å². The molecule has 0 aromatic heterocycles. The first-order valence-corrected chi connectivity index (χ1v) is 26.0. The third-order valence-electron chi connectivity index (χ3n) is 7.52. The Morgan fingerprint density at radius 1 is 0.493 bits per heavy atom. The highest BCUT2D eigenvalue weighted by molar-refractivity contribution is 8.14. The van der Waals surface area contributed by atoms with E-state index in [1.54, 1.807) is 48.5 Å². The van der Waals surface area contributed by atoms with Crippen molar-refractivity contribution in [3.8, 4) is 0 Å². The second-order valence-corrected chi connectivity index (χ2v) is 17.2. The predicted molar refractivity (Wildman–Crippen MR) is 291 cm³/mol. The standard InChI is InChI=1S/C20H20N2O4S2.C8H13N3O5S.C8H14N2O4S2.C6H12N2O2S2/c23-17(21-11-12-27-19(25)15-7-3-1-4-8-15)13-22-18(24)14-28-20(26)16-9-5-2-6-10-16;12-5(2-10-7(14)4-17)9-1-6(13)11-3-8(15)16;1-14-8(13)5(16)4-10-7(12)6(11)9-2-3-15;9-5(3-11)7-1-2-8-6(10)4-12/h1-10H,11-14H2,(H,21,23)(H,22,24);17H,1-4H2,(H,9,12)(H,10,14)(H,11,13)(H,15,16);5,15-16H,2-4H2,1H3,(H,9,11)(H,10,12);11-12H,1-4H2,(H,7,9)(H,8,10). The number of aliphatic carboxylic acids is 1. The van der Waals surface area contributed by atoms with Crippen LogP contribution in [0.3, 0.4) is 0 Å². The molecule has 2 aromatic rings. The summed E-state index contributed by atoms with van der Waals surface area (Å²) in [4.78, 5) is 144. The second kappa shape index (κ2) is 45.0. The van der Waals surface area contributed by atoms with Gasteiger partial charge in [-0.1, -0.05) is 84.2 Å². The molecule has 0 aliphatic rings. The third-order valence-corrected chi connectivity index (χ3v) is 10.8. The van der Waals surface area contributed by atoms with Crippen LogP contribution in [-0.4, -0.2) is 186 Å². The summed E-state index contributed by atoms with van der Waals surface area (Å²) in [6.45, 7) is 0.131. The molecule has 0 radical (unpaired) electrons. The number of nitrogens with one attached hydrogen (secondary N) is 9. The molecule has 10 N–H and O–H groups in total. The minimum absolute atomic E-state index is 0.0353. The molecule has 1 unspecified atom stereocenters. The van der Waals surface area contributed by atoms with Gasteiger partial charge in [0.2, 0.25) is 51.6 Å². The molecule has 0 heterocycles. The summed E-state index contributed by atoms with van der Waals surface area (Å²) in [5.41, 5.74) is 1.15. The van der Waals surface area contributed by atoms with E-state index in [0.717, 1.165) is 23.5 Å². The van der Waals surface area contributed by atoms with Gasteiger partial charge in [-0.15, -0.1) is 0 Å². The van der Waals surface area contributed by atoms with Gasteiger partial charge in [0, 0.05) is 55.4 Å². The van der Waals surface area contributed by atoms with Crippen LogP contribution < -0.4 is 47.9 Å². The van der Waals surface area contributed by atoms with Gasteiger partial charge in [0.05, 0.1) is 49.8 Å². The maximum absolute atomic E-state index is 11.9. The maximum Gasteiger partial charge on any atom is 0.322 e. The number of thiol groups is 5. The van der Waals surface area contributed by atoms with E-state index in [0.29, 0.717) is 48.8 Å². The van der Waals surface area contributed by atoms with Crippen molar-refractivity contribution in [3.05, 3.63) is 71.8 Å². The molecule has 404 valence electrons. The summed E-state index contributed by atoms with van der Waals surface area (Å²) in [5.74, 6) is -4.79. The quantitative estimate of drug-likeness (QED) is 0.0199. The van der Waals surface area contributed by atoms with Crippen molar-refractivity contribution in [1.82, 2.24) is 47.9 Å². The first-order valence-electron chi connectivity index (χ1n) is 21.0. The first-order chi connectivity index (χ1) is 34.7. The highest BCUT2D eigenvalue weighted by Crippen LogP contribution is 2.12. The normalized spacial score (nSPS) is 10.1. The van der Waals surface area contributed by atoms with Gasteiger partial charge in [-0.05, 0) is 0 Å². The van der Waals surface area contributed by atoms with E-state index in [4.69, 9.17) is 5.11 Å². The van der Waals surface area contributed by atoms with E-state index >= 15 is 0 Å². The molecule has 1 atom stereocenters. The number of carboxylic acids is 1. The molecular weight excluding hydrogens is 1090 g/mol. The monoisotopic (exact) mass is 1150 g/mol. The topological polar surface area (TPSA) is 360 Å². The van der Waals surface area contributed by atoms with E-state index in [-0.39, 0.29) is 77.1 Å². The van der Waals surface area contributed by atoms with Crippen LogP contribution in [0.2, 0.25) is 0 Å². The van der Waals surface area contributed by atoms with Crippen molar-refractivity contribution >= 4 is 162 Å². The summed E-state index contributed by atoms with van der Waals surface area (Å²) in [7, 11) is 1.22. The van der Waals surface area contributed by atoms with E-state index in [9.17, 15) is 62.3 Å². The van der Waals surface area contributed by atoms with Crippen molar-refractivity contribution in [3.63, 3.8) is 0 Å². The lowest BCUT2D eigenvalue weighted by molar-refractivity contribution is -0.141. The molecule has 0 saturated carbocycles. The number of thioether (sulfide) groups is 2. The number of ether oxygens (including phenoxy) is 1. The van der Waals surface area contributed by atoms with E-state index in [1.165, 1.54) is 7.11 Å². The van der Waals surface area contributed by atoms with Gasteiger partial charge >= 0.3 is 23.8 Å². The van der Waals surface area contributed by atoms with Gasteiger partial charge in [0.15, 0.2) is 0 Å². The predicted octanol–water partition coefficient (Wildman–Crippen LogP) is -2.59.